The number of hydrogen-bond donors (Lipinski definition) is 1. The predicted molar refractivity (Wildman–Crippen MR) is 122 cm³/mol. The molecule has 3 aromatic heterocycles. The van der Waals surface area contributed by atoms with E-state index in [1.807, 2.05) is 50.9 Å². The SMILES string of the molecule is Cc1cc(C)nc(Nc2cc(C)nc([C@H]3CCCCN3C(=O)/C=C/c3ccnn3C)n2)n1. The van der Waals surface area contributed by atoms with Crippen molar-refractivity contribution in [3.63, 3.8) is 0 Å². The highest BCUT2D eigenvalue weighted by molar-refractivity contribution is 5.91. The first-order chi connectivity index (χ1) is 15.4. The Labute approximate surface area is 187 Å². The van der Waals surface area contributed by atoms with Gasteiger partial charge in [-0.05, 0) is 58.2 Å². The summed E-state index contributed by atoms with van der Waals surface area (Å²) in [7, 11) is 1.85. The van der Waals surface area contributed by atoms with Gasteiger partial charge < -0.3 is 10.2 Å². The predicted octanol–water partition coefficient (Wildman–Crippen LogP) is 3.44. The lowest BCUT2D eigenvalue weighted by Gasteiger charge is -2.34. The minimum atomic E-state index is -0.173. The van der Waals surface area contributed by atoms with Crippen LogP contribution in [0, 0.1) is 20.8 Å². The zero-order valence-corrected chi connectivity index (χ0v) is 18.9. The molecule has 9 heteroatoms. The summed E-state index contributed by atoms with van der Waals surface area (Å²) in [5, 5.41) is 7.34. The molecule has 32 heavy (non-hydrogen) atoms. The van der Waals surface area contributed by atoms with Crippen molar-refractivity contribution in [2.45, 2.75) is 46.1 Å². The summed E-state index contributed by atoms with van der Waals surface area (Å²) in [5.41, 5.74) is 3.47. The maximum absolute atomic E-state index is 13.0. The first kappa shape index (κ1) is 21.6. The van der Waals surface area contributed by atoms with Crippen molar-refractivity contribution < 1.29 is 4.79 Å². The highest BCUT2D eigenvalue weighted by Gasteiger charge is 2.29. The van der Waals surface area contributed by atoms with Crippen molar-refractivity contribution in [3.05, 3.63) is 59.1 Å². The van der Waals surface area contributed by atoms with Gasteiger partial charge in [0.25, 0.3) is 0 Å². The Morgan fingerprint density at radius 1 is 1.06 bits per heavy atom. The molecule has 0 spiro atoms. The van der Waals surface area contributed by atoms with Gasteiger partial charge in [-0.3, -0.25) is 9.48 Å². The average Bonchev–Trinajstić information content (AvgIpc) is 3.15. The Hall–Kier alpha value is -3.62. The number of anilines is 2. The Morgan fingerprint density at radius 3 is 2.53 bits per heavy atom. The third-order valence-corrected chi connectivity index (χ3v) is 5.43. The van der Waals surface area contributed by atoms with Crippen LogP contribution >= 0.6 is 0 Å². The molecule has 0 radical (unpaired) electrons. The van der Waals surface area contributed by atoms with Crippen LogP contribution in [0.25, 0.3) is 6.08 Å². The van der Waals surface area contributed by atoms with Crippen molar-refractivity contribution in [3.8, 4) is 0 Å². The quantitative estimate of drug-likeness (QED) is 0.616. The molecule has 0 saturated carbocycles. The van der Waals surface area contributed by atoms with Gasteiger partial charge in [-0.15, -0.1) is 0 Å². The monoisotopic (exact) mass is 432 g/mol. The number of carbonyl (C=O) groups is 1. The molecular weight excluding hydrogens is 404 g/mol. The molecule has 3 aromatic rings. The fourth-order valence-corrected chi connectivity index (χ4v) is 3.96. The van der Waals surface area contributed by atoms with E-state index in [-0.39, 0.29) is 11.9 Å². The van der Waals surface area contributed by atoms with E-state index in [0.29, 0.717) is 24.1 Å². The molecule has 1 amide bonds. The fraction of sp³-hybridized carbons (Fsp3) is 0.391. The Bertz CT molecular complexity index is 1130. The summed E-state index contributed by atoms with van der Waals surface area (Å²) in [5.74, 6) is 1.72. The molecule has 1 saturated heterocycles. The number of likely N-dealkylation sites (tertiary alicyclic amines) is 1. The number of aromatic nitrogens is 6. The van der Waals surface area contributed by atoms with Crippen molar-refractivity contribution in [2.75, 3.05) is 11.9 Å². The van der Waals surface area contributed by atoms with Crippen LogP contribution in [0.5, 0.6) is 0 Å². The second kappa shape index (κ2) is 9.25. The molecule has 1 aliphatic heterocycles. The van der Waals surface area contributed by atoms with Crippen LogP contribution < -0.4 is 5.32 Å². The largest absolute Gasteiger partial charge is 0.329 e. The van der Waals surface area contributed by atoms with Gasteiger partial charge in [0.2, 0.25) is 11.9 Å². The van der Waals surface area contributed by atoms with Crippen molar-refractivity contribution in [1.29, 1.82) is 0 Å². The molecule has 1 atom stereocenters. The molecule has 0 bridgehead atoms. The minimum Gasteiger partial charge on any atom is -0.329 e. The topological polar surface area (TPSA) is 102 Å². The second-order valence-electron chi connectivity index (χ2n) is 8.11. The van der Waals surface area contributed by atoms with Crippen LogP contribution in [0.3, 0.4) is 0 Å². The van der Waals surface area contributed by atoms with E-state index in [9.17, 15) is 4.79 Å². The molecule has 1 fully saturated rings. The highest BCUT2D eigenvalue weighted by Crippen LogP contribution is 2.30. The lowest BCUT2D eigenvalue weighted by molar-refractivity contribution is -0.129. The van der Waals surface area contributed by atoms with Gasteiger partial charge in [0.05, 0.1) is 11.7 Å². The molecular formula is C23H28N8O. The van der Waals surface area contributed by atoms with E-state index < -0.39 is 0 Å². The molecule has 166 valence electrons. The van der Waals surface area contributed by atoms with Crippen LogP contribution in [0.2, 0.25) is 0 Å². The van der Waals surface area contributed by atoms with E-state index >= 15 is 0 Å². The van der Waals surface area contributed by atoms with Gasteiger partial charge in [-0.2, -0.15) is 5.10 Å². The fourth-order valence-electron chi connectivity index (χ4n) is 3.96. The lowest BCUT2D eigenvalue weighted by atomic mass is 10.0. The van der Waals surface area contributed by atoms with Crippen LogP contribution in [0.15, 0.2) is 30.5 Å². The van der Waals surface area contributed by atoms with E-state index in [0.717, 1.165) is 42.0 Å². The van der Waals surface area contributed by atoms with Crippen LogP contribution in [0.4, 0.5) is 11.8 Å². The molecule has 1 N–H and O–H groups in total. The summed E-state index contributed by atoms with van der Waals surface area (Å²) in [6.45, 7) is 6.47. The first-order valence-corrected chi connectivity index (χ1v) is 10.8. The molecule has 0 aromatic carbocycles. The van der Waals surface area contributed by atoms with Crippen LogP contribution in [-0.4, -0.2) is 47.1 Å². The maximum atomic E-state index is 13.0. The van der Waals surface area contributed by atoms with Gasteiger partial charge in [0.15, 0.2) is 5.82 Å². The smallest absolute Gasteiger partial charge is 0.247 e. The Balaban J connectivity index is 1.58. The summed E-state index contributed by atoms with van der Waals surface area (Å²) in [6.07, 6.45) is 7.93. The molecule has 4 rings (SSSR count). The van der Waals surface area contributed by atoms with Crippen molar-refractivity contribution >= 4 is 23.7 Å². The summed E-state index contributed by atoms with van der Waals surface area (Å²) < 4.78 is 1.73. The van der Waals surface area contributed by atoms with E-state index in [2.05, 4.69) is 25.4 Å². The zero-order chi connectivity index (χ0) is 22.7. The normalized spacial score (nSPS) is 16.5. The first-order valence-electron chi connectivity index (χ1n) is 10.8. The summed E-state index contributed by atoms with van der Waals surface area (Å²) >= 11 is 0. The van der Waals surface area contributed by atoms with Crippen molar-refractivity contribution in [1.82, 2.24) is 34.6 Å². The van der Waals surface area contributed by atoms with E-state index in [1.54, 1.807) is 23.0 Å². The Morgan fingerprint density at radius 2 is 1.81 bits per heavy atom. The number of aryl methyl sites for hydroxylation is 4. The zero-order valence-electron chi connectivity index (χ0n) is 18.9. The van der Waals surface area contributed by atoms with Gasteiger partial charge in [0, 0.05) is 49.0 Å². The number of hydrogen-bond acceptors (Lipinski definition) is 7. The minimum absolute atomic E-state index is 0.0480. The number of nitrogens with zero attached hydrogens (tertiary/aromatic N) is 7. The number of nitrogens with one attached hydrogen (secondary N) is 1. The molecule has 1 aliphatic rings. The van der Waals surface area contributed by atoms with Gasteiger partial charge in [-0.1, -0.05) is 0 Å². The number of piperidine rings is 1. The summed E-state index contributed by atoms with van der Waals surface area (Å²) in [4.78, 5) is 33.2. The van der Waals surface area contributed by atoms with Gasteiger partial charge >= 0.3 is 0 Å². The lowest BCUT2D eigenvalue weighted by Crippen LogP contribution is -2.38. The molecule has 4 heterocycles. The number of amides is 1. The molecule has 0 aliphatic carbocycles. The van der Waals surface area contributed by atoms with Gasteiger partial charge in [-0.25, -0.2) is 19.9 Å². The van der Waals surface area contributed by atoms with Gasteiger partial charge in [0.1, 0.15) is 5.82 Å². The average molecular weight is 433 g/mol. The maximum Gasteiger partial charge on any atom is 0.247 e. The number of carbonyl (C=O) groups excluding carboxylic acids is 1. The highest BCUT2D eigenvalue weighted by atomic mass is 16.2. The van der Waals surface area contributed by atoms with Crippen molar-refractivity contribution in [2.24, 2.45) is 7.05 Å². The standard InChI is InChI=1S/C23H28N8O/c1-15-13-16(2)27-23(26-15)29-20-14-17(3)25-22(28-20)19-7-5-6-12-31(19)21(32)9-8-18-10-11-24-30(18)4/h8-11,13-14,19H,5-7,12H2,1-4H3,(H,25,26,27,28,29)/b9-8+/t19-/m1/s1. The molecule has 0 unspecified atom stereocenters. The van der Waals surface area contributed by atoms with Crippen LogP contribution in [0.1, 0.15) is 53.9 Å². The van der Waals surface area contributed by atoms with E-state index in [1.165, 1.54) is 0 Å². The van der Waals surface area contributed by atoms with Crippen LogP contribution in [-0.2, 0) is 11.8 Å². The second-order valence-corrected chi connectivity index (χ2v) is 8.11. The summed E-state index contributed by atoms with van der Waals surface area (Å²) in [6, 6.07) is 5.48. The molecule has 9 nitrogen and oxygen atoms in total. The third kappa shape index (κ3) is 4.99. The Kier molecular flexibility index (Phi) is 6.25. The van der Waals surface area contributed by atoms with E-state index in [4.69, 9.17) is 4.98 Å². The third-order valence-electron chi connectivity index (χ3n) is 5.43. The number of rotatable bonds is 5.